The highest BCUT2D eigenvalue weighted by Crippen LogP contribution is 2.39. The summed E-state index contributed by atoms with van der Waals surface area (Å²) in [4.78, 5) is 49.4. The largest absolute Gasteiger partial charge is 0.465 e. The fourth-order valence-corrected chi connectivity index (χ4v) is 4.72. The van der Waals surface area contributed by atoms with Crippen LogP contribution < -0.4 is 0 Å². The Hall–Kier alpha value is -2.24. The fraction of sp³-hybridized carbons (Fsp3) is 0.667. The zero-order chi connectivity index (χ0) is 22.7. The molecule has 166 valence electrons. The number of ether oxygens (including phenoxy) is 2. The molecule has 0 aromatic heterocycles. The Kier molecular flexibility index (Phi) is 7.43. The summed E-state index contributed by atoms with van der Waals surface area (Å²) in [7, 11) is 2.57. The zero-order valence-corrected chi connectivity index (χ0v) is 19.0. The standard InChI is InChI=1S/C24H34O6/c1-23(2)11-15(19(25)17(13-23)21(27)29-5)9-7-8-10-16-12-24(3,4)14-18(20(16)26)22(28)30-6/h13-16H,7-12H2,1-6H3. The van der Waals surface area contributed by atoms with Crippen molar-refractivity contribution in [2.45, 2.75) is 66.2 Å². The summed E-state index contributed by atoms with van der Waals surface area (Å²) < 4.78 is 9.54. The first kappa shape index (κ1) is 24.0. The number of carbonyl (C=O) groups is 4. The number of carbonyl (C=O) groups excluding carboxylic acids is 4. The molecule has 0 heterocycles. The van der Waals surface area contributed by atoms with E-state index in [1.807, 2.05) is 27.7 Å². The molecular formula is C24H34O6. The predicted molar refractivity (Wildman–Crippen MR) is 112 cm³/mol. The highest BCUT2D eigenvalue weighted by molar-refractivity contribution is 6.19. The van der Waals surface area contributed by atoms with E-state index in [1.165, 1.54) is 14.2 Å². The molecule has 30 heavy (non-hydrogen) atoms. The van der Waals surface area contributed by atoms with Gasteiger partial charge >= 0.3 is 11.9 Å². The lowest BCUT2D eigenvalue weighted by atomic mass is 9.70. The molecule has 0 bridgehead atoms. The number of esters is 2. The van der Waals surface area contributed by atoms with Gasteiger partial charge in [-0.2, -0.15) is 0 Å². The van der Waals surface area contributed by atoms with Crippen LogP contribution in [0.5, 0.6) is 0 Å². The summed E-state index contributed by atoms with van der Waals surface area (Å²) >= 11 is 0. The van der Waals surface area contributed by atoms with Crippen molar-refractivity contribution in [1.82, 2.24) is 0 Å². The molecule has 0 spiro atoms. The van der Waals surface area contributed by atoms with Gasteiger partial charge in [-0.25, -0.2) is 9.59 Å². The second kappa shape index (κ2) is 9.27. The van der Waals surface area contributed by atoms with E-state index in [9.17, 15) is 19.2 Å². The zero-order valence-electron chi connectivity index (χ0n) is 19.0. The third-order valence-corrected chi connectivity index (χ3v) is 6.05. The average molecular weight is 419 g/mol. The van der Waals surface area contributed by atoms with Gasteiger partial charge in [-0.15, -0.1) is 0 Å². The molecule has 2 unspecified atom stereocenters. The van der Waals surface area contributed by atoms with Crippen LogP contribution in [-0.4, -0.2) is 37.7 Å². The van der Waals surface area contributed by atoms with Crippen LogP contribution in [0.1, 0.15) is 66.2 Å². The van der Waals surface area contributed by atoms with E-state index in [4.69, 9.17) is 9.47 Å². The number of ketones is 2. The lowest BCUT2D eigenvalue weighted by Gasteiger charge is -2.33. The number of unbranched alkanes of at least 4 members (excludes halogenated alkanes) is 1. The lowest BCUT2D eigenvalue weighted by Crippen LogP contribution is -2.33. The first-order chi connectivity index (χ1) is 13.9. The van der Waals surface area contributed by atoms with Crippen molar-refractivity contribution < 1.29 is 28.7 Å². The van der Waals surface area contributed by atoms with E-state index in [0.717, 1.165) is 12.8 Å². The maximum atomic E-state index is 12.7. The quantitative estimate of drug-likeness (QED) is 0.353. The van der Waals surface area contributed by atoms with Gasteiger partial charge in [0.2, 0.25) is 0 Å². The Labute approximate surface area is 179 Å². The number of hydrogen-bond acceptors (Lipinski definition) is 6. The minimum atomic E-state index is -0.574. The van der Waals surface area contributed by atoms with Gasteiger partial charge in [0.15, 0.2) is 11.6 Å². The number of Topliss-reactive ketones (excluding diaryl/α,β-unsaturated/α-hetero) is 2. The van der Waals surface area contributed by atoms with Crippen molar-refractivity contribution in [3.63, 3.8) is 0 Å². The van der Waals surface area contributed by atoms with E-state index in [-0.39, 0.29) is 45.4 Å². The second-order valence-electron chi connectivity index (χ2n) is 9.89. The van der Waals surface area contributed by atoms with Gasteiger partial charge < -0.3 is 9.47 Å². The van der Waals surface area contributed by atoms with Crippen LogP contribution in [0.25, 0.3) is 0 Å². The van der Waals surface area contributed by atoms with E-state index >= 15 is 0 Å². The Morgan fingerprint density at radius 3 is 1.43 bits per heavy atom. The lowest BCUT2D eigenvalue weighted by molar-refractivity contribution is -0.140. The molecule has 2 aliphatic carbocycles. The normalized spacial score (nSPS) is 25.3. The van der Waals surface area contributed by atoms with Gasteiger partial charge in [0.05, 0.1) is 25.4 Å². The van der Waals surface area contributed by atoms with E-state index in [1.54, 1.807) is 12.2 Å². The average Bonchev–Trinajstić information content (AvgIpc) is 2.67. The van der Waals surface area contributed by atoms with Crippen LogP contribution in [-0.2, 0) is 28.7 Å². The van der Waals surface area contributed by atoms with Crippen LogP contribution in [0.2, 0.25) is 0 Å². The molecule has 0 aliphatic heterocycles. The number of methoxy groups -OCH3 is 2. The van der Waals surface area contributed by atoms with Crippen LogP contribution in [0.3, 0.4) is 0 Å². The van der Waals surface area contributed by atoms with Crippen molar-refractivity contribution in [3.8, 4) is 0 Å². The maximum Gasteiger partial charge on any atom is 0.341 e. The minimum absolute atomic E-state index is 0.146. The Bertz CT molecular complexity index is 718. The van der Waals surface area contributed by atoms with E-state index in [0.29, 0.717) is 25.7 Å². The molecule has 0 amide bonds. The van der Waals surface area contributed by atoms with Crippen molar-refractivity contribution in [2.75, 3.05) is 14.2 Å². The molecule has 2 aliphatic rings. The van der Waals surface area contributed by atoms with Gasteiger partial charge in [0, 0.05) is 11.8 Å². The van der Waals surface area contributed by atoms with E-state index < -0.39 is 11.9 Å². The SMILES string of the molecule is COC(=O)C1=CC(C)(C)CC(CCCCC2CC(C)(C)C=C(C(=O)OC)C2=O)C1=O. The highest BCUT2D eigenvalue weighted by atomic mass is 16.5. The van der Waals surface area contributed by atoms with Crippen LogP contribution >= 0.6 is 0 Å². The number of hydrogen-bond donors (Lipinski definition) is 0. The molecule has 0 fully saturated rings. The maximum absolute atomic E-state index is 12.7. The summed E-state index contributed by atoms with van der Waals surface area (Å²) in [5.74, 6) is -1.88. The third kappa shape index (κ3) is 5.67. The van der Waals surface area contributed by atoms with Gasteiger partial charge in [-0.05, 0) is 36.5 Å². The first-order valence-electron chi connectivity index (χ1n) is 10.6. The second-order valence-corrected chi connectivity index (χ2v) is 9.89. The molecule has 0 N–H and O–H groups in total. The van der Waals surface area contributed by atoms with Gasteiger partial charge in [0.1, 0.15) is 0 Å². The van der Waals surface area contributed by atoms with Gasteiger partial charge in [-0.3, -0.25) is 9.59 Å². The minimum Gasteiger partial charge on any atom is -0.465 e. The molecule has 0 saturated carbocycles. The summed E-state index contributed by atoms with van der Waals surface area (Å²) in [5.41, 5.74) is -0.191. The summed E-state index contributed by atoms with van der Waals surface area (Å²) in [6, 6.07) is 0. The molecule has 2 rings (SSSR count). The molecular weight excluding hydrogens is 384 g/mol. The summed E-state index contributed by atoms with van der Waals surface area (Å²) in [6.45, 7) is 8.05. The van der Waals surface area contributed by atoms with Crippen LogP contribution in [0.4, 0.5) is 0 Å². The Morgan fingerprint density at radius 2 is 1.13 bits per heavy atom. The van der Waals surface area contributed by atoms with Crippen molar-refractivity contribution >= 4 is 23.5 Å². The molecule has 6 nitrogen and oxygen atoms in total. The monoisotopic (exact) mass is 418 g/mol. The number of allylic oxidation sites excluding steroid dienone is 2. The molecule has 0 saturated heterocycles. The Morgan fingerprint density at radius 1 is 0.800 bits per heavy atom. The van der Waals surface area contributed by atoms with Crippen molar-refractivity contribution in [3.05, 3.63) is 23.3 Å². The van der Waals surface area contributed by atoms with Crippen LogP contribution in [0.15, 0.2) is 23.3 Å². The van der Waals surface area contributed by atoms with Gasteiger partial charge in [-0.1, -0.05) is 52.7 Å². The topological polar surface area (TPSA) is 86.7 Å². The van der Waals surface area contributed by atoms with Crippen molar-refractivity contribution in [2.24, 2.45) is 22.7 Å². The smallest absolute Gasteiger partial charge is 0.341 e. The molecule has 0 aromatic carbocycles. The fourth-order valence-electron chi connectivity index (χ4n) is 4.72. The molecule has 2 atom stereocenters. The molecule has 0 aromatic rings. The van der Waals surface area contributed by atoms with Crippen molar-refractivity contribution in [1.29, 1.82) is 0 Å². The van der Waals surface area contributed by atoms with Crippen LogP contribution in [0, 0.1) is 22.7 Å². The first-order valence-corrected chi connectivity index (χ1v) is 10.6. The summed E-state index contributed by atoms with van der Waals surface area (Å²) in [5, 5.41) is 0. The number of rotatable bonds is 7. The predicted octanol–water partition coefficient (Wildman–Crippen LogP) is 3.98. The highest BCUT2D eigenvalue weighted by Gasteiger charge is 2.39. The van der Waals surface area contributed by atoms with Gasteiger partial charge in [0.25, 0.3) is 0 Å². The van der Waals surface area contributed by atoms with E-state index in [2.05, 4.69) is 0 Å². The molecule has 6 heteroatoms. The molecule has 0 radical (unpaired) electrons. The summed E-state index contributed by atoms with van der Waals surface area (Å²) in [6.07, 6.45) is 7.72. The third-order valence-electron chi connectivity index (χ3n) is 6.05. The Balaban J connectivity index is 1.96.